The van der Waals surface area contributed by atoms with Gasteiger partial charge >= 0.3 is 11.9 Å². The van der Waals surface area contributed by atoms with Crippen LogP contribution in [0.1, 0.15) is 25.3 Å². The van der Waals surface area contributed by atoms with E-state index in [9.17, 15) is 9.59 Å². The Labute approximate surface area is 113 Å². The van der Waals surface area contributed by atoms with E-state index in [1.165, 1.54) is 0 Å². The topological polar surface area (TPSA) is 52.6 Å². The standard InChI is InChI=1S/C13H13BrO4/c1-13(6-11(15)18-12(16)7-13)9-5-8(14)3-4-10(9)17-2/h3-5H,6-7H2,1-2H3. The summed E-state index contributed by atoms with van der Waals surface area (Å²) in [6, 6.07) is 5.55. The number of carbonyl (C=O) groups is 2. The number of ether oxygens (including phenoxy) is 2. The van der Waals surface area contributed by atoms with Crippen molar-refractivity contribution in [3.05, 3.63) is 28.2 Å². The second kappa shape index (κ2) is 4.72. The van der Waals surface area contributed by atoms with Crippen LogP contribution in [0.15, 0.2) is 22.7 Å². The molecule has 0 amide bonds. The van der Waals surface area contributed by atoms with E-state index in [1.807, 2.05) is 25.1 Å². The van der Waals surface area contributed by atoms with E-state index in [4.69, 9.17) is 4.74 Å². The third-order valence-corrected chi connectivity index (χ3v) is 3.60. The van der Waals surface area contributed by atoms with Crippen molar-refractivity contribution in [1.82, 2.24) is 0 Å². The normalized spacial score (nSPS) is 18.4. The number of cyclic esters (lactones) is 2. The lowest BCUT2D eigenvalue weighted by Gasteiger charge is -2.32. The summed E-state index contributed by atoms with van der Waals surface area (Å²) in [4.78, 5) is 22.9. The van der Waals surface area contributed by atoms with Gasteiger partial charge < -0.3 is 9.47 Å². The molecule has 0 bridgehead atoms. The molecule has 2 rings (SSSR count). The predicted molar refractivity (Wildman–Crippen MR) is 68.4 cm³/mol. The lowest BCUT2D eigenvalue weighted by atomic mass is 9.75. The van der Waals surface area contributed by atoms with Crippen LogP contribution in [0.4, 0.5) is 0 Å². The van der Waals surface area contributed by atoms with Gasteiger partial charge in [-0.3, -0.25) is 9.59 Å². The van der Waals surface area contributed by atoms with Crippen molar-refractivity contribution < 1.29 is 19.1 Å². The van der Waals surface area contributed by atoms with E-state index in [0.29, 0.717) is 5.75 Å². The van der Waals surface area contributed by atoms with Crippen LogP contribution in [-0.2, 0) is 19.7 Å². The molecular formula is C13H13BrO4. The Morgan fingerprint density at radius 3 is 2.44 bits per heavy atom. The first-order chi connectivity index (χ1) is 8.44. The van der Waals surface area contributed by atoms with Gasteiger partial charge in [0.1, 0.15) is 5.75 Å². The monoisotopic (exact) mass is 312 g/mol. The average Bonchev–Trinajstić information content (AvgIpc) is 2.27. The molecular weight excluding hydrogens is 300 g/mol. The zero-order valence-electron chi connectivity index (χ0n) is 10.2. The van der Waals surface area contributed by atoms with Crippen molar-refractivity contribution in [3.8, 4) is 5.75 Å². The molecule has 1 saturated heterocycles. The molecule has 0 unspecified atom stereocenters. The van der Waals surface area contributed by atoms with Crippen molar-refractivity contribution in [2.75, 3.05) is 7.11 Å². The minimum atomic E-state index is -0.582. The molecule has 1 aromatic carbocycles. The molecule has 0 atom stereocenters. The summed E-state index contributed by atoms with van der Waals surface area (Å²) >= 11 is 3.39. The number of halogens is 1. The predicted octanol–water partition coefficient (Wildman–Crippen LogP) is 2.58. The molecule has 1 fully saturated rings. The van der Waals surface area contributed by atoms with Crippen LogP contribution in [0.3, 0.4) is 0 Å². The van der Waals surface area contributed by atoms with Crippen LogP contribution in [0.5, 0.6) is 5.75 Å². The Kier molecular flexibility index (Phi) is 3.43. The maximum Gasteiger partial charge on any atom is 0.314 e. The number of hydrogen-bond acceptors (Lipinski definition) is 4. The van der Waals surface area contributed by atoms with Gasteiger partial charge in [0, 0.05) is 15.5 Å². The maximum atomic E-state index is 11.5. The van der Waals surface area contributed by atoms with Crippen molar-refractivity contribution in [3.63, 3.8) is 0 Å². The number of rotatable bonds is 2. The Morgan fingerprint density at radius 2 is 1.89 bits per heavy atom. The summed E-state index contributed by atoms with van der Waals surface area (Å²) in [6.07, 6.45) is 0.344. The highest BCUT2D eigenvalue weighted by molar-refractivity contribution is 9.10. The van der Waals surface area contributed by atoms with Gasteiger partial charge in [-0.15, -0.1) is 0 Å². The van der Waals surface area contributed by atoms with E-state index in [0.717, 1.165) is 10.0 Å². The highest BCUT2D eigenvalue weighted by Crippen LogP contribution is 2.41. The van der Waals surface area contributed by atoms with Gasteiger partial charge in [-0.2, -0.15) is 0 Å². The first-order valence-corrected chi connectivity index (χ1v) is 6.31. The lowest BCUT2D eigenvalue weighted by Crippen LogP contribution is -2.37. The number of esters is 2. The van der Waals surface area contributed by atoms with E-state index < -0.39 is 17.4 Å². The minimum Gasteiger partial charge on any atom is -0.496 e. The fourth-order valence-electron chi connectivity index (χ4n) is 2.24. The lowest BCUT2D eigenvalue weighted by molar-refractivity contribution is -0.166. The molecule has 0 aromatic heterocycles. The van der Waals surface area contributed by atoms with E-state index in [-0.39, 0.29) is 12.8 Å². The van der Waals surface area contributed by atoms with E-state index in [2.05, 4.69) is 20.7 Å². The van der Waals surface area contributed by atoms with Gasteiger partial charge in [-0.05, 0) is 18.2 Å². The first kappa shape index (κ1) is 13.1. The molecule has 1 aromatic rings. The molecule has 96 valence electrons. The van der Waals surface area contributed by atoms with Gasteiger partial charge in [0.2, 0.25) is 0 Å². The van der Waals surface area contributed by atoms with Crippen molar-refractivity contribution in [2.45, 2.75) is 25.2 Å². The second-order valence-corrected chi connectivity index (χ2v) is 5.52. The molecule has 0 N–H and O–H groups in total. The third kappa shape index (κ3) is 2.41. The number of hydrogen-bond donors (Lipinski definition) is 0. The Balaban J connectivity index is 2.48. The molecule has 0 radical (unpaired) electrons. The van der Waals surface area contributed by atoms with Crippen molar-refractivity contribution >= 4 is 27.9 Å². The van der Waals surface area contributed by atoms with Gasteiger partial charge in [-0.1, -0.05) is 22.9 Å². The SMILES string of the molecule is COc1ccc(Br)cc1C1(C)CC(=O)OC(=O)C1. The summed E-state index contributed by atoms with van der Waals surface area (Å²) in [7, 11) is 1.57. The fourth-order valence-corrected chi connectivity index (χ4v) is 2.60. The summed E-state index contributed by atoms with van der Waals surface area (Å²) < 4.78 is 10.8. The molecule has 1 heterocycles. The van der Waals surface area contributed by atoms with E-state index >= 15 is 0 Å². The molecule has 18 heavy (non-hydrogen) atoms. The van der Waals surface area contributed by atoms with Crippen LogP contribution in [0, 0.1) is 0 Å². The van der Waals surface area contributed by atoms with Gasteiger partial charge in [0.05, 0.1) is 20.0 Å². The highest BCUT2D eigenvalue weighted by Gasteiger charge is 2.40. The largest absolute Gasteiger partial charge is 0.496 e. The van der Waals surface area contributed by atoms with Crippen LogP contribution >= 0.6 is 15.9 Å². The van der Waals surface area contributed by atoms with E-state index in [1.54, 1.807) is 7.11 Å². The minimum absolute atomic E-state index is 0.172. The second-order valence-electron chi connectivity index (χ2n) is 4.60. The Hall–Kier alpha value is -1.36. The fraction of sp³-hybridized carbons (Fsp3) is 0.385. The average molecular weight is 313 g/mol. The molecule has 4 nitrogen and oxygen atoms in total. The molecule has 1 aliphatic rings. The molecule has 0 saturated carbocycles. The smallest absolute Gasteiger partial charge is 0.314 e. The number of benzene rings is 1. The van der Waals surface area contributed by atoms with Gasteiger partial charge in [0.25, 0.3) is 0 Å². The third-order valence-electron chi connectivity index (χ3n) is 3.11. The molecule has 0 spiro atoms. The summed E-state index contributed by atoms with van der Waals surface area (Å²) in [6.45, 7) is 1.87. The van der Waals surface area contributed by atoms with Gasteiger partial charge in [-0.25, -0.2) is 0 Å². The molecule has 5 heteroatoms. The van der Waals surface area contributed by atoms with Crippen LogP contribution < -0.4 is 4.74 Å². The quantitative estimate of drug-likeness (QED) is 0.622. The Morgan fingerprint density at radius 1 is 1.28 bits per heavy atom. The molecule has 1 aliphatic heterocycles. The summed E-state index contributed by atoms with van der Waals surface area (Å²) in [5.74, 6) is -0.310. The number of methoxy groups -OCH3 is 1. The zero-order valence-corrected chi connectivity index (χ0v) is 11.7. The summed E-state index contributed by atoms with van der Waals surface area (Å²) in [5, 5.41) is 0. The first-order valence-electron chi connectivity index (χ1n) is 5.52. The zero-order chi connectivity index (χ0) is 13.3. The summed E-state index contributed by atoms with van der Waals surface area (Å²) in [5.41, 5.74) is 0.256. The van der Waals surface area contributed by atoms with Crippen molar-refractivity contribution in [2.24, 2.45) is 0 Å². The van der Waals surface area contributed by atoms with Gasteiger partial charge in [0.15, 0.2) is 0 Å². The highest BCUT2D eigenvalue weighted by atomic mass is 79.9. The number of carbonyl (C=O) groups excluding carboxylic acids is 2. The van der Waals surface area contributed by atoms with Crippen LogP contribution in [0.25, 0.3) is 0 Å². The maximum absolute atomic E-state index is 11.5. The molecule has 0 aliphatic carbocycles. The van der Waals surface area contributed by atoms with Crippen LogP contribution in [0.2, 0.25) is 0 Å². The Bertz CT molecular complexity index is 494. The van der Waals surface area contributed by atoms with Crippen LogP contribution in [-0.4, -0.2) is 19.0 Å². The van der Waals surface area contributed by atoms with Crippen molar-refractivity contribution in [1.29, 1.82) is 0 Å².